The zero-order chi connectivity index (χ0) is 21.5. The molecule has 2 aromatic carbocycles. The van der Waals surface area contributed by atoms with Gasteiger partial charge in [-0.1, -0.05) is 54.6 Å². The molecular formula is C24H23NO5. The number of benzene rings is 2. The van der Waals surface area contributed by atoms with Crippen molar-refractivity contribution in [1.82, 2.24) is 5.32 Å². The third-order valence-corrected chi connectivity index (χ3v) is 4.59. The minimum Gasteiger partial charge on any atom is -0.449 e. The summed E-state index contributed by atoms with van der Waals surface area (Å²) in [5, 5.41) is 2.76. The number of rotatable bonds is 8. The smallest absolute Gasteiger partial charge is 0.375 e. The predicted octanol–water partition coefficient (Wildman–Crippen LogP) is 4.05. The summed E-state index contributed by atoms with van der Waals surface area (Å²) in [7, 11) is 0. The first-order valence-corrected chi connectivity index (χ1v) is 9.68. The van der Waals surface area contributed by atoms with Gasteiger partial charge in [-0.2, -0.15) is 0 Å². The number of amides is 1. The van der Waals surface area contributed by atoms with Crippen LogP contribution in [0.1, 0.15) is 40.3 Å². The van der Waals surface area contributed by atoms with Crippen LogP contribution in [-0.4, -0.2) is 30.3 Å². The Morgan fingerprint density at radius 2 is 1.67 bits per heavy atom. The molecule has 1 heterocycles. The summed E-state index contributed by atoms with van der Waals surface area (Å²) in [6.45, 7) is 3.46. The number of ketones is 1. The van der Waals surface area contributed by atoms with Crippen LogP contribution in [-0.2, 0) is 16.0 Å². The lowest BCUT2D eigenvalue weighted by Gasteiger charge is -2.12. The fraction of sp³-hybridized carbons (Fsp3) is 0.208. The number of Topliss-reactive ketones (excluding diaryl/α,β-unsaturated/α-hetero) is 1. The van der Waals surface area contributed by atoms with Crippen molar-refractivity contribution in [1.29, 1.82) is 0 Å². The summed E-state index contributed by atoms with van der Waals surface area (Å²) in [4.78, 5) is 35.8. The normalized spacial score (nSPS) is 11.5. The van der Waals surface area contributed by atoms with Crippen molar-refractivity contribution >= 4 is 17.7 Å². The van der Waals surface area contributed by atoms with Crippen molar-refractivity contribution in [2.45, 2.75) is 26.4 Å². The highest BCUT2D eigenvalue weighted by molar-refractivity contribution is 5.94. The molecule has 6 nitrogen and oxygen atoms in total. The molecule has 0 spiro atoms. The van der Waals surface area contributed by atoms with Crippen molar-refractivity contribution < 1.29 is 23.5 Å². The number of hydrogen-bond acceptors (Lipinski definition) is 5. The Bertz CT molecular complexity index is 1020. The second kappa shape index (κ2) is 9.69. The average molecular weight is 405 g/mol. The lowest BCUT2D eigenvalue weighted by atomic mass is 10.1. The van der Waals surface area contributed by atoms with Crippen LogP contribution in [0.5, 0.6) is 0 Å². The van der Waals surface area contributed by atoms with E-state index >= 15 is 0 Å². The number of furan rings is 1. The number of carbonyl (C=O) groups is 3. The number of hydrogen-bond donors (Lipinski definition) is 1. The van der Waals surface area contributed by atoms with E-state index < -0.39 is 12.1 Å². The van der Waals surface area contributed by atoms with Gasteiger partial charge in [0.2, 0.25) is 5.76 Å². The van der Waals surface area contributed by atoms with E-state index in [2.05, 4.69) is 5.32 Å². The van der Waals surface area contributed by atoms with Gasteiger partial charge in [0, 0.05) is 17.7 Å². The third-order valence-electron chi connectivity index (χ3n) is 4.59. The fourth-order valence-corrected chi connectivity index (χ4v) is 2.86. The molecule has 3 aromatic rings. The van der Waals surface area contributed by atoms with E-state index in [1.54, 1.807) is 30.3 Å². The predicted molar refractivity (Wildman–Crippen MR) is 112 cm³/mol. The van der Waals surface area contributed by atoms with Crippen molar-refractivity contribution in [2.24, 2.45) is 0 Å². The second-order valence-electron chi connectivity index (χ2n) is 6.87. The Morgan fingerprint density at radius 1 is 0.967 bits per heavy atom. The second-order valence-corrected chi connectivity index (χ2v) is 6.87. The molecule has 154 valence electrons. The van der Waals surface area contributed by atoms with Crippen LogP contribution >= 0.6 is 0 Å². The largest absolute Gasteiger partial charge is 0.449 e. The van der Waals surface area contributed by atoms with Crippen molar-refractivity contribution in [3.8, 4) is 11.3 Å². The molecular weight excluding hydrogens is 382 g/mol. The molecule has 0 aliphatic rings. The molecule has 0 aliphatic heterocycles. The molecule has 30 heavy (non-hydrogen) atoms. The average Bonchev–Trinajstić information content (AvgIpc) is 3.25. The Morgan fingerprint density at radius 3 is 2.33 bits per heavy atom. The third kappa shape index (κ3) is 5.44. The van der Waals surface area contributed by atoms with Gasteiger partial charge in [0.05, 0.1) is 0 Å². The maximum atomic E-state index is 12.3. The molecule has 0 saturated carbocycles. The monoisotopic (exact) mass is 405 g/mol. The fourth-order valence-electron chi connectivity index (χ4n) is 2.86. The molecule has 0 radical (unpaired) electrons. The molecule has 0 unspecified atom stereocenters. The van der Waals surface area contributed by atoms with Crippen LogP contribution < -0.4 is 5.32 Å². The van der Waals surface area contributed by atoms with Gasteiger partial charge in [-0.25, -0.2) is 4.79 Å². The zero-order valence-electron chi connectivity index (χ0n) is 16.9. The Balaban J connectivity index is 1.52. The van der Waals surface area contributed by atoms with Gasteiger partial charge in [-0.15, -0.1) is 0 Å². The molecule has 0 bridgehead atoms. The molecule has 1 amide bonds. The maximum Gasteiger partial charge on any atom is 0.375 e. The summed E-state index contributed by atoms with van der Waals surface area (Å²) in [5.41, 5.74) is 2.43. The van der Waals surface area contributed by atoms with Gasteiger partial charge in [-0.05, 0) is 38.0 Å². The minimum atomic E-state index is -0.948. The lowest BCUT2D eigenvalue weighted by Crippen LogP contribution is -2.36. The summed E-state index contributed by atoms with van der Waals surface area (Å²) in [5.74, 6) is -0.638. The standard InChI is InChI=1S/C24H23NO5/c1-16(26)19-8-10-20(11-9-19)21-12-13-22(30-21)24(28)29-17(2)23(27)25-15-14-18-6-4-3-5-7-18/h3-13,17H,14-15H2,1-2H3,(H,25,27)/t17-/m0/s1. The van der Waals surface area contributed by atoms with Crippen molar-refractivity contribution in [3.05, 3.63) is 83.6 Å². The number of ether oxygens (including phenoxy) is 1. The van der Waals surface area contributed by atoms with Gasteiger partial charge in [-0.3, -0.25) is 9.59 Å². The SMILES string of the molecule is CC(=O)c1ccc(-c2ccc(C(=O)O[C@@H](C)C(=O)NCCc3ccccc3)o2)cc1. The van der Waals surface area contributed by atoms with Gasteiger partial charge in [0.25, 0.3) is 5.91 Å². The molecule has 0 saturated heterocycles. The van der Waals surface area contributed by atoms with Gasteiger partial charge in [0.1, 0.15) is 5.76 Å². The molecule has 3 rings (SSSR count). The minimum absolute atomic E-state index is 0.00424. The number of nitrogens with one attached hydrogen (secondary N) is 1. The van der Waals surface area contributed by atoms with Crippen LogP contribution in [0.2, 0.25) is 0 Å². The lowest BCUT2D eigenvalue weighted by molar-refractivity contribution is -0.129. The summed E-state index contributed by atoms with van der Waals surface area (Å²) >= 11 is 0. The molecule has 0 aliphatic carbocycles. The molecule has 6 heteroatoms. The van der Waals surface area contributed by atoms with Crippen LogP contribution in [0.15, 0.2) is 71.1 Å². The number of carbonyl (C=O) groups excluding carboxylic acids is 3. The first kappa shape index (κ1) is 21.0. The van der Waals surface area contributed by atoms with Gasteiger partial charge < -0.3 is 14.5 Å². The molecule has 1 aromatic heterocycles. The molecule has 1 atom stereocenters. The highest BCUT2D eigenvalue weighted by Gasteiger charge is 2.21. The van der Waals surface area contributed by atoms with E-state index in [0.29, 0.717) is 24.3 Å². The van der Waals surface area contributed by atoms with E-state index in [0.717, 1.165) is 11.1 Å². The molecule has 1 N–H and O–H groups in total. The van der Waals surface area contributed by atoms with E-state index in [1.165, 1.54) is 19.9 Å². The summed E-state index contributed by atoms with van der Waals surface area (Å²) in [6.07, 6.45) is -0.256. The van der Waals surface area contributed by atoms with Crippen LogP contribution in [0.25, 0.3) is 11.3 Å². The van der Waals surface area contributed by atoms with Crippen LogP contribution in [0.4, 0.5) is 0 Å². The Hall–Kier alpha value is -3.67. The Labute approximate surface area is 174 Å². The van der Waals surface area contributed by atoms with Crippen molar-refractivity contribution in [2.75, 3.05) is 6.54 Å². The maximum absolute atomic E-state index is 12.3. The van der Waals surface area contributed by atoms with Crippen molar-refractivity contribution in [3.63, 3.8) is 0 Å². The Kier molecular flexibility index (Phi) is 6.80. The van der Waals surface area contributed by atoms with Gasteiger partial charge >= 0.3 is 5.97 Å². The van der Waals surface area contributed by atoms with Crippen LogP contribution in [0, 0.1) is 0 Å². The first-order chi connectivity index (χ1) is 14.4. The summed E-state index contributed by atoms with van der Waals surface area (Å²) < 4.78 is 10.8. The van der Waals surface area contributed by atoms with E-state index in [9.17, 15) is 14.4 Å². The van der Waals surface area contributed by atoms with E-state index in [1.807, 2.05) is 30.3 Å². The number of esters is 1. The van der Waals surface area contributed by atoms with E-state index in [4.69, 9.17) is 9.15 Å². The van der Waals surface area contributed by atoms with E-state index in [-0.39, 0.29) is 17.5 Å². The quantitative estimate of drug-likeness (QED) is 0.451. The first-order valence-electron chi connectivity index (χ1n) is 9.68. The zero-order valence-corrected chi connectivity index (χ0v) is 16.9. The molecule has 0 fully saturated rings. The topological polar surface area (TPSA) is 85.6 Å². The summed E-state index contributed by atoms with van der Waals surface area (Å²) in [6, 6.07) is 19.8. The van der Waals surface area contributed by atoms with Crippen LogP contribution in [0.3, 0.4) is 0 Å². The van der Waals surface area contributed by atoms with Gasteiger partial charge in [0.15, 0.2) is 11.9 Å². The highest BCUT2D eigenvalue weighted by atomic mass is 16.6. The highest BCUT2D eigenvalue weighted by Crippen LogP contribution is 2.23.